The molecule has 0 aromatic carbocycles. The van der Waals surface area contributed by atoms with E-state index in [0.717, 1.165) is 18.4 Å². The predicted molar refractivity (Wildman–Crippen MR) is 144 cm³/mol. The largest absolute Gasteiger partial charge is 0.349 e. The van der Waals surface area contributed by atoms with Gasteiger partial charge in [-0.05, 0) is 69.1 Å². The van der Waals surface area contributed by atoms with Crippen LogP contribution in [0.25, 0.3) is 5.65 Å². The van der Waals surface area contributed by atoms with Crippen LogP contribution in [0.1, 0.15) is 105 Å². The number of carbonyl (C=O) groups excluding carboxylic acids is 2. The van der Waals surface area contributed by atoms with Crippen molar-refractivity contribution in [1.82, 2.24) is 35.0 Å². The Bertz CT molecular complexity index is 1470. The van der Waals surface area contributed by atoms with E-state index in [1.165, 1.54) is 0 Å². The van der Waals surface area contributed by atoms with E-state index in [4.69, 9.17) is 4.98 Å². The van der Waals surface area contributed by atoms with Gasteiger partial charge in [0, 0.05) is 43.8 Å². The van der Waals surface area contributed by atoms with Gasteiger partial charge in [0.05, 0.1) is 30.2 Å². The molecule has 3 atom stereocenters. The van der Waals surface area contributed by atoms with Gasteiger partial charge < -0.3 is 10.6 Å². The fourth-order valence-electron chi connectivity index (χ4n) is 6.03. The molecular weight excluding hydrogens is 554 g/mol. The number of carbonyl (C=O) groups is 2. The Morgan fingerprint density at radius 3 is 2.36 bits per heavy atom. The number of rotatable bonds is 10. The zero-order valence-corrected chi connectivity index (χ0v) is 23.6. The minimum absolute atomic E-state index is 0.0499. The summed E-state index contributed by atoms with van der Waals surface area (Å²) in [5.41, 5.74) is 2.06. The van der Waals surface area contributed by atoms with Crippen LogP contribution in [0.15, 0.2) is 30.7 Å². The first kappa shape index (κ1) is 28.6. The Morgan fingerprint density at radius 1 is 1.02 bits per heavy atom. The molecule has 3 aromatic heterocycles. The molecule has 6 rings (SSSR count). The minimum Gasteiger partial charge on any atom is -0.349 e. The normalized spacial score (nSPS) is 23.1. The zero-order chi connectivity index (χ0) is 29.8. The molecule has 0 aliphatic heterocycles. The van der Waals surface area contributed by atoms with Crippen molar-refractivity contribution < 1.29 is 27.2 Å². The second kappa shape index (κ2) is 10.6. The van der Waals surface area contributed by atoms with Crippen LogP contribution in [0, 0.1) is 17.8 Å². The van der Waals surface area contributed by atoms with Gasteiger partial charge in [-0.1, -0.05) is 0 Å². The van der Waals surface area contributed by atoms with Crippen molar-refractivity contribution in [3.05, 3.63) is 47.7 Å². The molecule has 3 fully saturated rings. The van der Waals surface area contributed by atoms with Gasteiger partial charge >= 0.3 is 0 Å². The lowest BCUT2D eigenvalue weighted by Gasteiger charge is -2.33. The molecule has 9 nitrogen and oxygen atoms in total. The fraction of sp³-hybridized carbons (Fsp3) is 0.621. The summed E-state index contributed by atoms with van der Waals surface area (Å²) in [7, 11) is 0. The molecule has 2 amide bonds. The van der Waals surface area contributed by atoms with E-state index in [1.807, 2.05) is 13.8 Å². The fourth-order valence-corrected chi connectivity index (χ4v) is 6.03. The summed E-state index contributed by atoms with van der Waals surface area (Å²) < 4.78 is 57.9. The molecule has 0 saturated heterocycles. The SMILES string of the molecule is CC(C)n1nccc1C(=O)N[C@H](c1cn2ncc(C(NC(=O)CC3CC3(F)F)C3CC3)cc2n1)C1CCC(F)(F)CC1. The van der Waals surface area contributed by atoms with Crippen LogP contribution in [-0.2, 0) is 4.79 Å². The Labute approximate surface area is 240 Å². The quantitative estimate of drug-likeness (QED) is 0.308. The third-order valence-electron chi connectivity index (χ3n) is 8.75. The Hall–Kier alpha value is -3.51. The first-order chi connectivity index (χ1) is 19.9. The third kappa shape index (κ3) is 6.00. The van der Waals surface area contributed by atoms with Crippen molar-refractivity contribution in [2.75, 3.05) is 0 Å². The van der Waals surface area contributed by atoms with Gasteiger partial charge in [0.15, 0.2) is 5.65 Å². The molecule has 3 aliphatic carbocycles. The molecule has 13 heteroatoms. The standard InChI is InChI=1S/C29H35F4N7O2/c1-16(2)40-22(7-10-34-40)27(42)38-26(18-5-8-28(30,31)9-6-18)21-15-39-23(36-21)11-19(14-35-39)25(17-3-4-17)37-24(41)12-20-13-29(20,32)33/h7,10-11,14-18,20,25-26H,3-6,8-9,12-13H2,1-2H3,(H,37,41)(H,38,42)/t20?,25?,26-/m0/s1. The van der Waals surface area contributed by atoms with E-state index >= 15 is 0 Å². The van der Waals surface area contributed by atoms with Crippen LogP contribution >= 0.6 is 0 Å². The molecule has 42 heavy (non-hydrogen) atoms. The lowest BCUT2D eigenvalue weighted by Crippen LogP contribution is -2.38. The van der Waals surface area contributed by atoms with Crippen molar-refractivity contribution in [3.8, 4) is 0 Å². The first-order valence-corrected chi connectivity index (χ1v) is 14.6. The second-order valence-corrected chi connectivity index (χ2v) is 12.4. The van der Waals surface area contributed by atoms with Gasteiger partial charge in [0.25, 0.3) is 11.8 Å². The van der Waals surface area contributed by atoms with Gasteiger partial charge in [-0.2, -0.15) is 10.2 Å². The summed E-state index contributed by atoms with van der Waals surface area (Å²) in [6.45, 7) is 3.82. The van der Waals surface area contributed by atoms with E-state index in [1.54, 1.807) is 39.9 Å². The van der Waals surface area contributed by atoms with Gasteiger partial charge in [-0.3, -0.25) is 14.3 Å². The maximum atomic E-state index is 14.0. The number of aromatic nitrogens is 5. The van der Waals surface area contributed by atoms with Crippen LogP contribution in [0.5, 0.6) is 0 Å². The van der Waals surface area contributed by atoms with Crippen LogP contribution in [-0.4, -0.2) is 48.0 Å². The summed E-state index contributed by atoms with van der Waals surface area (Å²) in [5.74, 6) is -7.23. The Kier molecular flexibility index (Phi) is 7.25. The summed E-state index contributed by atoms with van der Waals surface area (Å²) in [6, 6.07) is 2.37. The summed E-state index contributed by atoms with van der Waals surface area (Å²) in [4.78, 5) is 30.7. The van der Waals surface area contributed by atoms with Gasteiger partial charge in [0.1, 0.15) is 5.69 Å². The molecule has 3 aliphatic rings. The monoisotopic (exact) mass is 589 g/mol. The second-order valence-electron chi connectivity index (χ2n) is 12.4. The molecule has 0 radical (unpaired) electrons. The van der Waals surface area contributed by atoms with E-state index in [2.05, 4.69) is 20.8 Å². The minimum atomic E-state index is -2.76. The third-order valence-corrected chi connectivity index (χ3v) is 8.75. The summed E-state index contributed by atoms with van der Waals surface area (Å²) >= 11 is 0. The number of nitrogens with zero attached hydrogens (tertiary/aromatic N) is 5. The van der Waals surface area contributed by atoms with Gasteiger partial charge in [-0.25, -0.2) is 27.1 Å². The Balaban J connectivity index is 1.25. The van der Waals surface area contributed by atoms with E-state index < -0.39 is 29.7 Å². The van der Waals surface area contributed by atoms with Gasteiger partial charge in [0.2, 0.25) is 11.8 Å². The van der Waals surface area contributed by atoms with E-state index in [9.17, 15) is 27.2 Å². The first-order valence-electron chi connectivity index (χ1n) is 14.6. The molecule has 2 N–H and O–H groups in total. The van der Waals surface area contributed by atoms with Crippen molar-refractivity contribution in [2.45, 2.75) is 95.2 Å². The molecule has 0 bridgehead atoms. The zero-order valence-electron chi connectivity index (χ0n) is 23.6. The molecule has 3 heterocycles. The molecule has 3 saturated carbocycles. The maximum Gasteiger partial charge on any atom is 0.270 e. The van der Waals surface area contributed by atoms with Crippen LogP contribution in [0.2, 0.25) is 0 Å². The van der Waals surface area contributed by atoms with Crippen LogP contribution < -0.4 is 10.6 Å². The highest BCUT2D eigenvalue weighted by molar-refractivity contribution is 5.92. The number of imidazole rings is 1. The molecule has 226 valence electrons. The topological polar surface area (TPSA) is 106 Å². The van der Waals surface area contributed by atoms with E-state index in [-0.39, 0.29) is 68.4 Å². The number of halogens is 4. The van der Waals surface area contributed by atoms with Crippen molar-refractivity contribution >= 4 is 17.5 Å². The average Bonchev–Trinajstić information content (AvgIpc) is 3.72. The Morgan fingerprint density at radius 2 is 1.71 bits per heavy atom. The van der Waals surface area contributed by atoms with Crippen LogP contribution in [0.4, 0.5) is 17.6 Å². The smallest absolute Gasteiger partial charge is 0.270 e. The number of amides is 2. The highest BCUT2D eigenvalue weighted by atomic mass is 19.3. The number of hydrogen-bond acceptors (Lipinski definition) is 5. The molecule has 0 spiro atoms. The summed E-state index contributed by atoms with van der Waals surface area (Å²) in [6.07, 6.45) is 6.14. The van der Waals surface area contributed by atoms with E-state index in [0.29, 0.717) is 17.0 Å². The predicted octanol–water partition coefficient (Wildman–Crippen LogP) is 5.42. The number of alkyl halides is 4. The average molecular weight is 590 g/mol. The molecule has 2 unspecified atom stereocenters. The highest BCUT2D eigenvalue weighted by Crippen LogP contribution is 2.51. The molecule has 3 aromatic rings. The van der Waals surface area contributed by atoms with Gasteiger partial charge in [-0.15, -0.1) is 0 Å². The maximum absolute atomic E-state index is 14.0. The lowest BCUT2D eigenvalue weighted by molar-refractivity contribution is -0.123. The lowest BCUT2D eigenvalue weighted by atomic mass is 9.81. The van der Waals surface area contributed by atoms with Crippen molar-refractivity contribution in [3.63, 3.8) is 0 Å². The molecular formula is C29H35F4N7O2. The number of nitrogens with one attached hydrogen (secondary N) is 2. The van der Waals surface area contributed by atoms with Crippen LogP contribution in [0.3, 0.4) is 0 Å². The number of hydrogen-bond donors (Lipinski definition) is 2. The summed E-state index contributed by atoms with van der Waals surface area (Å²) in [5, 5.41) is 14.7. The number of fused-ring (bicyclic) bond motifs is 1. The van der Waals surface area contributed by atoms with Crippen molar-refractivity contribution in [1.29, 1.82) is 0 Å². The highest BCUT2D eigenvalue weighted by Gasteiger charge is 2.57. The van der Waals surface area contributed by atoms with Crippen molar-refractivity contribution in [2.24, 2.45) is 17.8 Å².